The molecule has 1 heterocycles. The van der Waals surface area contributed by atoms with Crippen LogP contribution in [-0.4, -0.2) is 47.4 Å². The smallest absolute Gasteiger partial charge is 0.410 e. The predicted octanol–water partition coefficient (Wildman–Crippen LogP) is 1.33. The fourth-order valence-corrected chi connectivity index (χ4v) is 1.69. The minimum Gasteiger partial charge on any atom is -0.445 e. The standard InChI is InChI=1S/C12H16N2O3/c15-12(13-6-8-14(16)9-7-13)17-10-11-4-2-1-3-5-11/h1-5,16H,6-10H2. The zero-order valence-corrected chi connectivity index (χ0v) is 9.58. The quantitative estimate of drug-likeness (QED) is 0.841. The van der Waals surface area contributed by atoms with E-state index in [-0.39, 0.29) is 6.09 Å². The molecule has 1 aliphatic rings. The van der Waals surface area contributed by atoms with Crippen molar-refractivity contribution in [2.75, 3.05) is 26.2 Å². The van der Waals surface area contributed by atoms with Crippen LogP contribution < -0.4 is 0 Å². The number of carbonyl (C=O) groups excluding carboxylic acids is 1. The summed E-state index contributed by atoms with van der Waals surface area (Å²) in [4.78, 5) is 13.3. The van der Waals surface area contributed by atoms with Crippen LogP contribution in [0.5, 0.6) is 0 Å². The SMILES string of the molecule is O=C(OCc1ccccc1)N1CCN(O)CC1. The molecule has 1 N–H and O–H groups in total. The van der Waals surface area contributed by atoms with Gasteiger partial charge in [-0.15, -0.1) is 0 Å². The van der Waals surface area contributed by atoms with Crippen molar-refractivity contribution in [3.8, 4) is 0 Å². The zero-order valence-electron chi connectivity index (χ0n) is 9.58. The Labute approximate surface area is 100 Å². The van der Waals surface area contributed by atoms with Crippen molar-refractivity contribution >= 4 is 6.09 Å². The Morgan fingerprint density at radius 1 is 1.18 bits per heavy atom. The predicted molar refractivity (Wildman–Crippen MR) is 61.6 cm³/mol. The molecule has 1 saturated heterocycles. The van der Waals surface area contributed by atoms with Gasteiger partial charge in [0.05, 0.1) is 0 Å². The Kier molecular flexibility index (Phi) is 3.95. The molecule has 17 heavy (non-hydrogen) atoms. The van der Waals surface area contributed by atoms with Gasteiger partial charge in [-0.25, -0.2) is 4.79 Å². The highest BCUT2D eigenvalue weighted by atomic mass is 16.6. The molecule has 0 spiro atoms. The van der Waals surface area contributed by atoms with Crippen LogP contribution in [0.25, 0.3) is 0 Å². The van der Waals surface area contributed by atoms with Crippen LogP contribution in [-0.2, 0) is 11.3 Å². The minimum absolute atomic E-state index is 0.291. The molecule has 0 saturated carbocycles. The van der Waals surface area contributed by atoms with Gasteiger partial charge in [-0.3, -0.25) is 0 Å². The Bertz CT molecular complexity index is 361. The average molecular weight is 236 g/mol. The molecule has 92 valence electrons. The summed E-state index contributed by atoms with van der Waals surface area (Å²) in [6.07, 6.45) is -0.318. The van der Waals surface area contributed by atoms with E-state index in [1.54, 1.807) is 4.90 Å². The van der Waals surface area contributed by atoms with Gasteiger partial charge in [0.25, 0.3) is 0 Å². The van der Waals surface area contributed by atoms with Crippen LogP contribution in [0.2, 0.25) is 0 Å². The third-order valence-corrected chi connectivity index (χ3v) is 2.72. The first-order valence-electron chi connectivity index (χ1n) is 5.65. The van der Waals surface area contributed by atoms with Gasteiger partial charge in [0, 0.05) is 26.2 Å². The highest BCUT2D eigenvalue weighted by Crippen LogP contribution is 2.05. The lowest BCUT2D eigenvalue weighted by molar-refractivity contribution is -0.114. The molecule has 1 amide bonds. The molecule has 0 unspecified atom stereocenters. The van der Waals surface area contributed by atoms with Crippen molar-refractivity contribution in [3.63, 3.8) is 0 Å². The van der Waals surface area contributed by atoms with Crippen LogP contribution in [0.1, 0.15) is 5.56 Å². The van der Waals surface area contributed by atoms with E-state index in [1.165, 1.54) is 5.06 Å². The lowest BCUT2D eigenvalue weighted by atomic mass is 10.2. The monoisotopic (exact) mass is 236 g/mol. The number of carbonyl (C=O) groups is 1. The Hall–Kier alpha value is -1.59. The number of piperazine rings is 1. The number of ether oxygens (including phenoxy) is 1. The fourth-order valence-electron chi connectivity index (χ4n) is 1.69. The fraction of sp³-hybridized carbons (Fsp3) is 0.417. The first-order chi connectivity index (χ1) is 8.25. The van der Waals surface area contributed by atoms with Crippen LogP contribution in [0.3, 0.4) is 0 Å². The first kappa shape index (κ1) is 11.9. The summed E-state index contributed by atoms with van der Waals surface area (Å²) in [6.45, 7) is 2.24. The summed E-state index contributed by atoms with van der Waals surface area (Å²) in [7, 11) is 0. The molecule has 1 aromatic carbocycles. The second kappa shape index (κ2) is 5.65. The van der Waals surface area contributed by atoms with Gasteiger partial charge in [0.15, 0.2) is 0 Å². The Balaban J connectivity index is 1.78. The number of nitrogens with zero attached hydrogens (tertiary/aromatic N) is 2. The maximum Gasteiger partial charge on any atom is 0.410 e. The number of hydrogen-bond acceptors (Lipinski definition) is 4. The van der Waals surface area contributed by atoms with E-state index in [4.69, 9.17) is 4.74 Å². The molecule has 2 rings (SSSR count). The first-order valence-corrected chi connectivity index (χ1v) is 5.65. The second-order valence-corrected chi connectivity index (χ2v) is 3.98. The van der Waals surface area contributed by atoms with Crippen molar-refractivity contribution in [1.82, 2.24) is 9.96 Å². The molecule has 1 aromatic rings. The van der Waals surface area contributed by atoms with Crippen molar-refractivity contribution in [2.45, 2.75) is 6.61 Å². The van der Waals surface area contributed by atoms with Crippen molar-refractivity contribution < 1.29 is 14.7 Å². The summed E-state index contributed by atoms with van der Waals surface area (Å²) in [5, 5.41) is 10.4. The van der Waals surface area contributed by atoms with Gasteiger partial charge in [-0.2, -0.15) is 5.06 Å². The molecule has 0 aromatic heterocycles. The lowest BCUT2D eigenvalue weighted by Gasteiger charge is -2.30. The molecular formula is C12H16N2O3. The van der Waals surface area contributed by atoms with Crippen molar-refractivity contribution in [1.29, 1.82) is 0 Å². The molecule has 1 aliphatic heterocycles. The molecule has 5 nitrogen and oxygen atoms in total. The van der Waals surface area contributed by atoms with Crippen molar-refractivity contribution in [2.24, 2.45) is 0 Å². The summed E-state index contributed by atoms with van der Waals surface area (Å²) < 4.78 is 5.19. The third kappa shape index (κ3) is 3.44. The third-order valence-electron chi connectivity index (χ3n) is 2.72. The summed E-state index contributed by atoms with van der Waals surface area (Å²) in [5.74, 6) is 0. The maximum absolute atomic E-state index is 11.7. The van der Waals surface area contributed by atoms with Gasteiger partial charge in [0.2, 0.25) is 0 Å². The van der Waals surface area contributed by atoms with Crippen LogP contribution in [0.15, 0.2) is 30.3 Å². The molecule has 0 radical (unpaired) electrons. The lowest BCUT2D eigenvalue weighted by Crippen LogP contribution is -2.47. The van der Waals surface area contributed by atoms with Gasteiger partial charge in [-0.05, 0) is 5.56 Å². The maximum atomic E-state index is 11.7. The highest BCUT2D eigenvalue weighted by molar-refractivity contribution is 5.67. The summed E-state index contributed by atoms with van der Waals surface area (Å²) in [6, 6.07) is 9.57. The second-order valence-electron chi connectivity index (χ2n) is 3.98. The van der Waals surface area contributed by atoms with Gasteiger partial charge < -0.3 is 14.8 Å². The van der Waals surface area contributed by atoms with E-state index in [9.17, 15) is 10.0 Å². The van der Waals surface area contributed by atoms with E-state index in [0.29, 0.717) is 32.8 Å². The van der Waals surface area contributed by atoms with Crippen molar-refractivity contribution in [3.05, 3.63) is 35.9 Å². The van der Waals surface area contributed by atoms with E-state index >= 15 is 0 Å². The minimum atomic E-state index is -0.318. The van der Waals surface area contributed by atoms with Crippen LogP contribution in [0.4, 0.5) is 4.79 Å². The number of benzene rings is 1. The van der Waals surface area contributed by atoms with E-state index in [1.807, 2.05) is 30.3 Å². The van der Waals surface area contributed by atoms with Gasteiger partial charge in [0.1, 0.15) is 6.61 Å². The Morgan fingerprint density at radius 2 is 1.82 bits per heavy atom. The normalized spacial score (nSPS) is 16.9. The number of amides is 1. The van der Waals surface area contributed by atoms with Gasteiger partial charge in [-0.1, -0.05) is 30.3 Å². The average Bonchev–Trinajstić information content (AvgIpc) is 2.38. The van der Waals surface area contributed by atoms with E-state index in [2.05, 4.69) is 0 Å². The van der Waals surface area contributed by atoms with E-state index < -0.39 is 0 Å². The number of hydrogen-bond donors (Lipinski definition) is 1. The molecule has 0 aliphatic carbocycles. The molecule has 0 bridgehead atoms. The zero-order chi connectivity index (χ0) is 12.1. The topological polar surface area (TPSA) is 53.0 Å². The number of rotatable bonds is 2. The van der Waals surface area contributed by atoms with E-state index in [0.717, 1.165) is 5.56 Å². The Morgan fingerprint density at radius 3 is 2.47 bits per heavy atom. The molecule has 5 heteroatoms. The van der Waals surface area contributed by atoms with Gasteiger partial charge >= 0.3 is 6.09 Å². The molecule has 0 atom stereocenters. The number of hydroxylamine groups is 2. The summed E-state index contributed by atoms with van der Waals surface area (Å²) >= 11 is 0. The van der Waals surface area contributed by atoms with Crippen LogP contribution >= 0.6 is 0 Å². The highest BCUT2D eigenvalue weighted by Gasteiger charge is 2.20. The largest absolute Gasteiger partial charge is 0.445 e. The molecular weight excluding hydrogens is 220 g/mol. The summed E-state index contributed by atoms with van der Waals surface area (Å²) in [5.41, 5.74) is 0.974. The van der Waals surface area contributed by atoms with Crippen LogP contribution in [0, 0.1) is 0 Å². The molecule has 1 fully saturated rings.